The Morgan fingerprint density at radius 3 is 1.53 bits per heavy atom. The van der Waals surface area contributed by atoms with Crippen LogP contribution in [0, 0.1) is 0 Å². The molecule has 0 aliphatic rings. The highest BCUT2D eigenvalue weighted by Crippen LogP contribution is 1.96. The third-order valence-electron chi connectivity index (χ3n) is 1.20. The third-order valence-corrected chi connectivity index (χ3v) is 1.20. The molecule has 6 nitrogen and oxygen atoms in total. The van der Waals surface area contributed by atoms with Crippen LogP contribution in [0.2, 0.25) is 0 Å². The van der Waals surface area contributed by atoms with Crippen LogP contribution in [0.5, 0.6) is 0 Å². The lowest BCUT2D eigenvalue weighted by Crippen LogP contribution is -1.93. The van der Waals surface area contributed by atoms with Gasteiger partial charge in [-0.2, -0.15) is 0 Å². The van der Waals surface area contributed by atoms with Gasteiger partial charge in [0.15, 0.2) is 0 Å². The first kappa shape index (κ1) is 21.6. The summed E-state index contributed by atoms with van der Waals surface area (Å²) in [6, 6.07) is 8.30. The maximum Gasteiger partial charge on any atom is 0.335 e. The maximum absolute atomic E-state index is 10.2. The summed E-state index contributed by atoms with van der Waals surface area (Å²) in [4.78, 5) is 28.5. The van der Waals surface area contributed by atoms with Gasteiger partial charge in [0.1, 0.15) is 0 Å². The lowest BCUT2D eigenvalue weighted by Gasteiger charge is -1.88. The van der Waals surface area contributed by atoms with E-state index >= 15 is 0 Å². The second-order valence-corrected chi connectivity index (χ2v) is 2.73. The smallest absolute Gasteiger partial charge is 0.335 e. The van der Waals surface area contributed by atoms with Gasteiger partial charge in [-0.05, 0) is 12.1 Å². The highest BCUT2D eigenvalue weighted by atomic mass is 16.4. The van der Waals surface area contributed by atoms with Crippen LogP contribution in [0.3, 0.4) is 0 Å². The van der Waals surface area contributed by atoms with Gasteiger partial charge in [0.25, 0.3) is 5.97 Å². The summed E-state index contributed by atoms with van der Waals surface area (Å²) in [5.41, 5.74) is 0.331. The van der Waals surface area contributed by atoms with Gasteiger partial charge in [0.05, 0.1) is 5.56 Å². The van der Waals surface area contributed by atoms with Crippen LogP contribution in [-0.2, 0) is 9.59 Å². The molecule has 0 bridgehead atoms. The Kier molecular flexibility index (Phi) is 15.3. The third kappa shape index (κ3) is 21.3. The molecule has 0 fully saturated rings. The van der Waals surface area contributed by atoms with Gasteiger partial charge >= 0.3 is 11.9 Å². The molecule has 0 aliphatic heterocycles. The lowest BCUT2D eigenvalue weighted by atomic mass is 10.2. The summed E-state index contributed by atoms with van der Waals surface area (Å²) >= 11 is 0. The Hall–Kier alpha value is -2.63. The highest BCUT2D eigenvalue weighted by Gasteiger charge is 1.96. The molecule has 0 heterocycles. The van der Waals surface area contributed by atoms with Crippen LogP contribution in [0.15, 0.2) is 43.0 Å². The van der Waals surface area contributed by atoms with E-state index in [9.17, 15) is 9.59 Å². The van der Waals surface area contributed by atoms with Crippen LogP contribution in [0.4, 0.5) is 0 Å². The van der Waals surface area contributed by atoms with Crippen molar-refractivity contribution in [2.45, 2.75) is 14.4 Å². The van der Waals surface area contributed by atoms with Crippen molar-refractivity contribution >= 4 is 17.9 Å². The second-order valence-electron chi connectivity index (χ2n) is 2.73. The van der Waals surface area contributed by atoms with Crippen molar-refractivity contribution in [1.29, 1.82) is 0 Å². The van der Waals surface area contributed by atoms with E-state index in [0.29, 0.717) is 5.56 Å². The SMILES string of the molecule is C.C=CC(=O)O.CC(=O)O.O=C(O)c1ccccc1. The molecule has 0 amide bonds. The summed E-state index contributed by atoms with van der Waals surface area (Å²) in [7, 11) is 0. The van der Waals surface area contributed by atoms with Gasteiger partial charge in [-0.15, -0.1) is 0 Å². The van der Waals surface area contributed by atoms with E-state index in [2.05, 4.69) is 6.58 Å². The highest BCUT2D eigenvalue weighted by molar-refractivity contribution is 5.87. The Morgan fingerprint density at radius 2 is 1.37 bits per heavy atom. The predicted octanol–water partition coefficient (Wildman–Crippen LogP) is 2.37. The lowest BCUT2D eigenvalue weighted by molar-refractivity contribution is -0.134. The first-order chi connectivity index (χ1) is 8.31. The summed E-state index contributed by atoms with van der Waals surface area (Å²) in [5, 5.41) is 23.4. The van der Waals surface area contributed by atoms with E-state index in [4.69, 9.17) is 20.1 Å². The van der Waals surface area contributed by atoms with Crippen molar-refractivity contribution in [1.82, 2.24) is 0 Å². The minimum atomic E-state index is -0.981. The topological polar surface area (TPSA) is 112 Å². The van der Waals surface area contributed by atoms with Gasteiger partial charge in [0, 0.05) is 13.0 Å². The largest absolute Gasteiger partial charge is 0.481 e. The number of rotatable bonds is 2. The number of aromatic carboxylic acids is 1. The Labute approximate surface area is 111 Å². The molecule has 19 heavy (non-hydrogen) atoms. The monoisotopic (exact) mass is 270 g/mol. The fourth-order valence-corrected chi connectivity index (χ4v) is 0.581. The number of benzene rings is 1. The summed E-state index contributed by atoms with van der Waals surface area (Å²) in [6.45, 7) is 4.04. The summed E-state index contributed by atoms with van der Waals surface area (Å²) < 4.78 is 0. The fourth-order valence-electron chi connectivity index (χ4n) is 0.581. The van der Waals surface area contributed by atoms with Crippen molar-refractivity contribution in [3.8, 4) is 0 Å². The Morgan fingerprint density at radius 1 is 1.05 bits per heavy atom. The molecule has 0 aliphatic carbocycles. The minimum absolute atomic E-state index is 0. The van der Waals surface area contributed by atoms with Crippen molar-refractivity contribution in [2.75, 3.05) is 0 Å². The number of hydrogen-bond donors (Lipinski definition) is 3. The zero-order valence-electron chi connectivity index (χ0n) is 9.74. The molecule has 1 aromatic rings. The van der Waals surface area contributed by atoms with E-state index in [1.54, 1.807) is 30.3 Å². The van der Waals surface area contributed by atoms with Gasteiger partial charge in [-0.1, -0.05) is 32.2 Å². The number of aliphatic carboxylic acids is 2. The minimum Gasteiger partial charge on any atom is -0.481 e. The van der Waals surface area contributed by atoms with Gasteiger partial charge in [0.2, 0.25) is 0 Å². The fraction of sp³-hybridized carbons (Fsp3) is 0.154. The molecule has 1 rings (SSSR count). The molecule has 6 heteroatoms. The Bertz CT molecular complexity index is 393. The average Bonchev–Trinajstić information content (AvgIpc) is 2.30. The molecule has 0 spiro atoms. The molecule has 0 aromatic heterocycles. The van der Waals surface area contributed by atoms with Crippen molar-refractivity contribution < 1.29 is 29.7 Å². The summed E-state index contributed by atoms with van der Waals surface area (Å²) in [5.74, 6) is -2.69. The molecular formula is C13H18O6. The molecule has 0 saturated carbocycles. The summed E-state index contributed by atoms with van der Waals surface area (Å²) in [6.07, 6.45) is 0.833. The zero-order valence-corrected chi connectivity index (χ0v) is 9.74. The molecule has 0 saturated heterocycles. The van der Waals surface area contributed by atoms with Crippen molar-refractivity contribution in [3.63, 3.8) is 0 Å². The van der Waals surface area contributed by atoms with Gasteiger partial charge in [-0.25, -0.2) is 9.59 Å². The van der Waals surface area contributed by atoms with Crippen molar-refractivity contribution in [2.24, 2.45) is 0 Å². The molecule has 0 unspecified atom stereocenters. The average molecular weight is 270 g/mol. The van der Waals surface area contributed by atoms with E-state index in [0.717, 1.165) is 13.0 Å². The first-order valence-corrected chi connectivity index (χ1v) is 4.64. The Balaban J connectivity index is -0.000000222. The van der Waals surface area contributed by atoms with E-state index in [1.165, 1.54) is 0 Å². The number of carbonyl (C=O) groups is 3. The number of carboxylic acids is 3. The molecule has 106 valence electrons. The number of hydrogen-bond acceptors (Lipinski definition) is 3. The normalized spacial score (nSPS) is 7.21. The van der Waals surface area contributed by atoms with Crippen LogP contribution in [0.1, 0.15) is 24.7 Å². The first-order valence-electron chi connectivity index (χ1n) is 4.64. The van der Waals surface area contributed by atoms with E-state index in [1.807, 2.05) is 0 Å². The van der Waals surface area contributed by atoms with E-state index in [-0.39, 0.29) is 7.43 Å². The van der Waals surface area contributed by atoms with Crippen molar-refractivity contribution in [3.05, 3.63) is 48.6 Å². The molecule has 1 aromatic carbocycles. The number of carboxylic acid groups (broad SMARTS) is 3. The van der Waals surface area contributed by atoms with Crippen LogP contribution < -0.4 is 0 Å². The molecule has 0 radical (unpaired) electrons. The molecule has 0 atom stereocenters. The molecule has 3 N–H and O–H groups in total. The van der Waals surface area contributed by atoms with E-state index < -0.39 is 17.9 Å². The molecular weight excluding hydrogens is 252 g/mol. The quantitative estimate of drug-likeness (QED) is 0.711. The van der Waals surface area contributed by atoms with Gasteiger partial charge < -0.3 is 15.3 Å². The van der Waals surface area contributed by atoms with Gasteiger partial charge in [-0.3, -0.25) is 4.79 Å². The van der Waals surface area contributed by atoms with Crippen LogP contribution >= 0.6 is 0 Å². The van der Waals surface area contributed by atoms with Crippen LogP contribution in [-0.4, -0.2) is 33.2 Å². The second kappa shape index (κ2) is 13.4. The maximum atomic E-state index is 10.2. The van der Waals surface area contributed by atoms with Crippen LogP contribution in [0.25, 0.3) is 0 Å². The zero-order chi connectivity index (χ0) is 14.6. The predicted molar refractivity (Wildman–Crippen MR) is 71.3 cm³/mol. The standard InChI is InChI=1S/C7H6O2.C3H4O2.C2H4O2.CH4/c8-7(9)6-4-2-1-3-5-6;1-2-3(4)5;1-2(3)4;/h1-5H,(H,8,9);2H,1H2,(H,4,5);1H3,(H,3,4);1H4.